The number of hydrogen-bond acceptors (Lipinski definition) is 1. The zero-order valence-corrected chi connectivity index (χ0v) is 8.96. The molecule has 2 N–H and O–H groups in total. The molecule has 1 aromatic rings. The Bertz CT molecular complexity index is 280. The highest BCUT2D eigenvalue weighted by Crippen LogP contribution is 2.05. The van der Waals surface area contributed by atoms with Gasteiger partial charge in [-0.05, 0) is 38.3 Å². The average Bonchev–Trinajstić information content (AvgIpc) is 2.13. The maximum Gasteiger partial charge on any atom is 0.0132 e. The lowest BCUT2D eigenvalue weighted by Crippen LogP contribution is -2.30. The van der Waals surface area contributed by atoms with Crippen LogP contribution >= 0.6 is 0 Å². The van der Waals surface area contributed by atoms with E-state index in [1.54, 1.807) is 0 Å². The molecule has 1 aromatic carbocycles. The lowest BCUT2D eigenvalue weighted by Gasteiger charge is -2.14. The highest BCUT2D eigenvalue weighted by molar-refractivity contribution is 5.16. The molecular weight excluding hydrogens is 170 g/mol. The van der Waals surface area contributed by atoms with Crippen molar-refractivity contribution in [3.8, 4) is 0 Å². The molecule has 0 amide bonds. The predicted octanol–water partition coefficient (Wildman–Crippen LogP) is 2.72. The Morgan fingerprint density at radius 1 is 1.29 bits per heavy atom. The predicted molar refractivity (Wildman–Crippen MR) is 60.8 cm³/mol. The number of benzene rings is 1. The zero-order valence-electron chi connectivity index (χ0n) is 8.96. The highest BCUT2D eigenvalue weighted by Gasteiger charge is 2.06. The van der Waals surface area contributed by atoms with Crippen LogP contribution < -0.4 is 5.73 Å². The molecule has 0 aromatic heterocycles. The molecule has 0 spiro atoms. The Balaban J connectivity index is 2.35. The van der Waals surface area contributed by atoms with Gasteiger partial charge in [0.05, 0.1) is 0 Å². The van der Waals surface area contributed by atoms with Gasteiger partial charge in [0.1, 0.15) is 0 Å². The van der Waals surface area contributed by atoms with Crippen molar-refractivity contribution in [1.29, 1.82) is 0 Å². The molecule has 0 bridgehead atoms. The molecule has 1 heteroatoms. The first kappa shape index (κ1) is 11.0. The third-order valence-electron chi connectivity index (χ3n) is 1.92. The molecule has 1 radical (unpaired) electrons. The van der Waals surface area contributed by atoms with E-state index >= 15 is 0 Å². The summed E-state index contributed by atoms with van der Waals surface area (Å²) in [6.45, 7) is 4.04. The molecule has 1 nitrogen and oxygen atoms in total. The number of rotatable bonds is 4. The smallest absolute Gasteiger partial charge is 0.0132 e. The second kappa shape index (κ2) is 4.97. The van der Waals surface area contributed by atoms with Gasteiger partial charge in [-0.15, -0.1) is 0 Å². The quantitative estimate of drug-likeness (QED) is 0.772. The molecule has 0 heterocycles. The Morgan fingerprint density at radius 2 is 1.93 bits per heavy atom. The van der Waals surface area contributed by atoms with Crippen LogP contribution in [0.1, 0.15) is 25.8 Å². The monoisotopic (exact) mass is 188 g/mol. The minimum absolute atomic E-state index is 0.121. The summed E-state index contributed by atoms with van der Waals surface area (Å²) in [5.41, 5.74) is 7.01. The van der Waals surface area contributed by atoms with E-state index in [9.17, 15) is 0 Å². The van der Waals surface area contributed by atoms with Crippen LogP contribution in [-0.2, 0) is 6.42 Å². The summed E-state index contributed by atoms with van der Waals surface area (Å²) in [5, 5.41) is 0. The van der Waals surface area contributed by atoms with Crippen LogP contribution in [0.3, 0.4) is 0 Å². The first-order chi connectivity index (χ1) is 6.58. The van der Waals surface area contributed by atoms with E-state index in [4.69, 9.17) is 5.73 Å². The summed E-state index contributed by atoms with van der Waals surface area (Å²) in [7, 11) is 0. The molecule has 0 unspecified atom stereocenters. The first-order valence-corrected chi connectivity index (χ1v) is 4.96. The summed E-state index contributed by atoms with van der Waals surface area (Å²) in [6.07, 6.45) is 7.03. The molecule has 0 atom stereocenters. The van der Waals surface area contributed by atoms with E-state index in [-0.39, 0.29) is 5.54 Å². The SMILES string of the molecule is CC(C)(N)C/C=[C]/Cc1ccccc1. The summed E-state index contributed by atoms with van der Waals surface area (Å²) >= 11 is 0. The minimum Gasteiger partial charge on any atom is -0.325 e. The van der Waals surface area contributed by atoms with Crippen LogP contribution in [0.25, 0.3) is 0 Å². The van der Waals surface area contributed by atoms with Crippen molar-refractivity contribution in [3.63, 3.8) is 0 Å². The lowest BCUT2D eigenvalue weighted by molar-refractivity contribution is 0.526. The summed E-state index contributed by atoms with van der Waals surface area (Å²) < 4.78 is 0. The van der Waals surface area contributed by atoms with Crippen molar-refractivity contribution in [2.24, 2.45) is 5.73 Å². The van der Waals surface area contributed by atoms with E-state index in [2.05, 4.69) is 18.2 Å². The molecule has 0 aliphatic carbocycles. The van der Waals surface area contributed by atoms with Gasteiger partial charge in [-0.1, -0.05) is 36.4 Å². The van der Waals surface area contributed by atoms with Gasteiger partial charge in [-0.2, -0.15) is 0 Å². The van der Waals surface area contributed by atoms with Crippen LogP contribution in [0.15, 0.2) is 36.4 Å². The average molecular weight is 188 g/mol. The van der Waals surface area contributed by atoms with Gasteiger partial charge < -0.3 is 5.73 Å². The molecule has 0 aliphatic rings. The Hall–Kier alpha value is -1.08. The fourth-order valence-electron chi connectivity index (χ4n) is 1.12. The second-order valence-corrected chi connectivity index (χ2v) is 4.26. The number of allylic oxidation sites excluding steroid dienone is 1. The van der Waals surface area contributed by atoms with Crippen LogP contribution in [-0.4, -0.2) is 5.54 Å². The molecule has 0 saturated heterocycles. The van der Waals surface area contributed by atoms with Gasteiger partial charge in [-0.3, -0.25) is 0 Å². The van der Waals surface area contributed by atoms with Gasteiger partial charge in [0.15, 0.2) is 0 Å². The standard InChI is InChI=1S/C13H18N/c1-13(2,14)11-7-6-10-12-8-4-3-5-9-12/h3-5,7-9H,10-11,14H2,1-2H3. The summed E-state index contributed by atoms with van der Waals surface area (Å²) in [6, 6.07) is 10.3. The maximum atomic E-state index is 5.84. The largest absolute Gasteiger partial charge is 0.325 e. The van der Waals surface area contributed by atoms with Crippen molar-refractivity contribution in [2.75, 3.05) is 0 Å². The van der Waals surface area contributed by atoms with Crippen molar-refractivity contribution in [1.82, 2.24) is 0 Å². The molecular formula is C13H18N. The van der Waals surface area contributed by atoms with E-state index in [1.807, 2.05) is 38.1 Å². The van der Waals surface area contributed by atoms with E-state index in [1.165, 1.54) is 5.56 Å². The Labute approximate surface area is 86.6 Å². The molecule has 0 saturated carbocycles. The fourth-order valence-corrected chi connectivity index (χ4v) is 1.12. The van der Waals surface area contributed by atoms with E-state index < -0.39 is 0 Å². The van der Waals surface area contributed by atoms with Crippen LogP contribution in [0.2, 0.25) is 0 Å². The van der Waals surface area contributed by atoms with Crippen molar-refractivity contribution in [3.05, 3.63) is 48.0 Å². The van der Waals surface area contributed by atoms with Crippen molar-refractivity contribution < 1.29 is 0 Å². The third-order valence-corrected chi connectivity index (χ3v) is 1.92. The molecule has 14 heavy (non-hydrogen) atoms. The number of hydrogen-bond donors (Lipinski definition) is 1. The van der Waals surface area contributed by atoms with E-state index in [0.29, 0.717) is 0 Å². The van der Waals surface area contributed by atoms with Gasteiger partial charge in [0, 0.05) is 5.54 Å². The van der Waals surface area contributed by atoms with Gasteiger partial charge in [-0.25, -0.2) is 0 Å². The van der Waals surface area contributed by atoms with Crippen LogP contribution in [0.4, 0.5) is 0 Å². The highest BCUT2D eigenvalue weighted by atomic mass is 14.7. The van der Waals surface area contributed by atoms with E-state index in [0.717, 1.165) is 12.8 Å². The number of nitrogens with two attached hydrogens (primary N) is 1. The van der Waals surface area contributed by atoms with Crippen molar-refractivity contribution in [2.45, 2.75) is 32.2 Å². The lowest BCUT2D eigenvalue weighted by atomic mass is 10.0. The second-order valence-electron chi connectivity index (χ2n) is 4.26. The van der Waals surface area contributed by atoms with Crippen LogP contribution in [0.5, 0.6) is 0 Å². The normalized spacial score (nSPS) is 12.2. The topological polar surface area (TPSA) is 26.0 Å². The van der Waals surface area contributed by atoms with Gasteiger partial charge >= 0.3 is 0 Å². The zero-order chi connectivity index (χ0) is 10.4. The fraction of sp³-hybridized carbons (Fsp3) is 0.385. The van der Waals surface area contributed by atoms with Crippen molar-refractivity contribution >= 4 is 0 Å². The maximum absolute atomic E-state index is 5.84. The molecule has 1 rings (SSSR count). The molecule has 0 aliphatic heterocycles. The Kier molecular flexibility index (Phi) is 3.90. The summed E-state index contributed by atoms with van der Waals surface area (Å²) in [4.78, 5) is 0. The van der Waals surface area contributed by atoms with Gasteiger partial charge in [0.2, 0.25) is 0 Å². The Morgan fingerprint density at radius 3 is 2.50 bits per heavy atom. The van der Waals surface area contributed by atoms with Gasteiger partial charge in [0.25, 0.3) is 0 Å². The first-order valence-electron chi connectivity index (χ1n) is 4.96. The van der Waals surface area contributed by atoms with Crippen LogP contribution in [0, 0.1) is 6.08 Å². The third kappa shape index (κ3) is 4.83. The molecule has 0 fully saturated rings. The minimum atomic E-state index is -0.121. The summed E-state index contributed by atoms with van der Waals surface area (Å²) in [5.74, 6) is 0. The molecule has 75 valence electrons.